The molecule has 0 aliphatic carbocycles. The molecule has 1 saturated heterocycles. The van der Waals surface area contributed by atoms with Gasteiger partial charge >= 0.3 is 5.97 Å². The fourth-order valence-electron chi connectivity index (χ4n) is 5.57. The van der Waals surface area contributed by atoms with E-state index < -0.39 is 28.6 Å². The van der Waals surface area contributed by atoms with Gasteiger partial charge in [-0.05, 0) is 39.3 Å². The molecule has 2 aliphatic rings. The zero-order valence-corrected chi connectivity index (χ0v) is 19.3. The number of nitrogens with one attached hydrogen (secondary N) is 1. The standard InChI is InChI=1S/C26H30N2O5/c1-24(2)14-18(15-25(3,4)28(24)33)27-16-20(17-10-6-5-7-11-17)22(29)26(27,32)21-13-9-8-12-19(21)23(30)31/h5-13,16,18,28,32H,14-15H2,1-4H3,(H,30,31). The van der Waals surface area contributed by atoms with Gasteiger partial charge in [0.1, 0.15) is 0 Å². The maximum absolute atomic E-state index is 13.8. The first-order chi connectivity index (χ1) is 15.4. The second kappa shape index (κ2) is 7.80. The average molecular weight is 451 g/mol. The summed E-state index contributed by atoms with van der Waals surface area (Å²) >= 11 is 0. The van der Waals surface area contributed by atoms with Crippen LogP contribution in [0.2, 0.25) is 0 Å². The number of hydroxylamine groups is 2. The van der Waals surface area contributed by atoms with Gasteiger partial charge in [0.25, 0.3) is 0 Å². The average Bonchev–Trinajstić information content (AvgIpc) is 3.04. The summed E-state index contributed by atoms with van der Waals surface area (Å²) in [5, 5.41) is 35.0. The highest BCUT2D eigenvalue weighted by Crippen LogP contribution is 2.45. The lowest BCUT2D eigenvalue weighted by molar-refractivity contribution is -0.956. The van der Waals surface area contributed by atoms with Crippen LogP contribution in [0, 0.1) is 5.21 Å². The molecule has 3 N–H and O–H groups in total. The van der Waals surface area contributed by atoms with E-state index in [1.165, 1.54) is 12.1 Å². The van der Waals surface area contributed by atoms with Crippen LogP contribution in [-0.2, 0) is 10.5 Å². The molecule has 0 aromatic heterocycles. The minimum atomic E-state index is -2.20. The molecule has 4 rings (SSSR count). The van der Waals surface area contributed by atoms with E-state index in [1.54, 1.807) is 35.4 Å². The molecule has 1 fully saturated rings. The van der Waals surface area contributed by atoms with Crippen LogP contribution in [0.1, 0.15) is 62.0 Å². The summed E-state index contributed by atoms with van der Waals surface area (Å²) in [6.07, 6.45) is 2.50. The number of piperidine rings is 1. The first-order valence-electron chi connectivity index (χ1n) is 11.1. The number of hydrogen-bond acceptors (Lipinski definition) is 5. The van der Waals surface area contributed by atoms with Crippen molar-refractivity contribution in [2.24, 2.45) is 0 Å². The monoisotopic (exact) mass is 450 g/mol. The lowest BCUT2D eigenvalue weighted by Gasteiger charge is -2.57. The normalized spacial score (nSPS) is 28.5. The quantitative estimate of drug-likeness (QED) is 0.619. The third-order valence-corrected chi connectivity index (χ3v) is 6.94. The number of aromatic carboxylic acids is 1. The van der Waals surface area contributed by atoms with Crippen molar-refractivity contribution < 1.29 is 24.9 Å². The molecule has 174 valence electrons. The van der Waals surface area contributed by atoms with E-state index in [9.17, 15) is 25.0 Å². The zero-order valence-electron chi connectivity index (χ0n) is 19.3. The van der Waals surface area contributed by atoms with E-state index in [1.807, 2.05) is 45.9 Å². The van der Waals surface area contributed by atoms with E-state index >= 15 is 0 Å². The molecule has 2 aromatic carbocycles. The summed E-state index contributed by atoms with van der Waals surface area (Å²) in [6, 6.07) is 14.7. The second-order valence-corrected chi connectivity index (χ2v) is 10.3. The summed E-state index contributed by atoms with van der Waals surface area (Å²) in [7, 11) is 0. The lowest BCUT2D eigenvalue weighted by Crippen LogP contribution is -3.23. The maximum Gasteiger partial charge on any atom is 0.336 e. The number of hydrogen-bond donors (Lipinski definition) is 3. The maximum atomic E-state index is 13.8. The molecule has 2 aromatic rings. The minimum absolute atomic E-state index is 0.0252. The van der Waals surface area contributed by atoms with Gasteiger partial charge < -0.3 is 25.4 Å². The molecule has 7 nitrogen and oxygen atoms in total. The number of benzene rings is 2. The molecule has 2 heterocycles. The number of ketones is 1. The smallest absolute Gasteiger partial charge is 0.336 e. The van der Waals surface area contributed by atoms with Crippen molar-refractivity contribution in [1.82, 2.24) is 4.90 Å². The van der Waals surface area contributed by atoms with Crippen molar-refractivity contribution in [3.63, 3.8) is 0 Å². The fraction of sp³-hybridized carbons (Fsp3) is 0.385. The van der Waals surface area contributed by atoms with Crippen LogP contribution >= 0.6 is 0 Å². The number of aliphatic hydroxyl groups is 1. The van der Waals surface area contributed by atoms with Crippen LogP contribution in [0.15, 0.2) is 60.8 Å². The number of rotatable bonds is 4. The van der Waals surface area contributed by atoms with Gasteiger partial charge in [-0.2, -0.15) is 0 Å². The number of quaternary nitrogens is 1. The van der Waals surface area contributed by atoms with Gasteiger partial charge in [0.05, 0.1) is 16.6 Å². The van der Waals surface area contributed by atoms with E-state index in [-0.39, 0.29) is 22.2 Å². The molecule has 1 atom stereocenters. The molecule has 0 radical (unpaired) electrons. The van der Waals surface area contributed by atoms with Crippen molar-refractivity contribution in [3.8, 4) is 0 Å². The molecule has 0 amide bonds. The van der Waals surface area contributed by atoms with Gasteiger partial charge in [0.2, 0.25) is 11.5 Å². The Morgan fingerprint density at radius 1 is 1.00 bits per heavy atom. The Kier molecular flexibility index (Phi) is 5.47. The third kappa shape index (κ3) is 3.66. The zero-order chi connectivity index (χ0) is 24.2. The molecular formula is C26H30N2O5. The van der Waals surface area contributed by atoms with E-state index in [4.69, 9.17) is 0 Å². The Morgan fingerprint density at radius 3 is 2.12 bits per heavy atom. The Morgan fingerprint density at radius 2 is 1.55 bits per heavy atom. The van der Waals surface area contributed by atoms with E-state index in [0.29, 0.717) is 24.0 Å². The fourth-order valence-corrected chi connectivity index (χ4v) is 5.57. The van der Waals surface area contributed by atoms with Crippen molar-refractivity contribution >= 4 is 17.3 Å². The highest BCUT2D eigenvalue weighted by molar-refractivity contribution is 6.26. The van der Waals surface area contributed by atoms with Crippen molar-refractivity contribution in [2.75, 3.05) is 0 Å². The largest absolute Gasteiger partial charge is 0.634 e. The predicted molar refractivity (Wildman–Crippen MR) is 124 cm³/mol. The van der Waals surface area contributed by atoms with Gasteiger partial charge in [0, 0.05) is 36.2 Å². The van der Waals surface area contributed by atoms with Gasteiger partial charge in [-0.25, -0.2) is 4.79 Å². The topological polar surface area (TPSA) is 105 Å². The molecule has 0 bridgehead atoms. The third-order valence-electron chi connectivity index (χ3n) is 6.94. The second-order valence-electron chi connectivity index (χ2n) is 10.3. The van der Waals surface area contributed by atoms with Crippen LogP contribution in [0.4, 0.5) is 0 Å². The van der Waals surface area contributed by atoms with Gasteiger partial charge in [-0.3, -0.25) is 4.79 Å². The number of nitrogens with zero attached hydrogens (tertiary/aromatic N) is 1. The Labute approximate surface area is 193 Å². The first-order valence-corrected chi connectivity index (χ1v) is 11.1. The summed E-state index contributed by atoms with van der Waals surface area (Å²) < 4.78 is 0. The van der Waals surface area contributed by atoms with E-state index in [0.717, 1.165) is 0 Å². The number of Topliss-reactive ketones (excluding diaryl/α,β-unsaturated/α-hetero) is 1. The Balaban J connectivity index is 1.90. The molecule has 0 saturated carbocycles. The molecule has 7 heteroatoms. The van der Waals surface area contributed by atoms with Gasteiger partial charge in [-0.1, -0.05) is 48.5 Å². The highest BCUT2D eigenvalue weighted by Gasteiger charge is 2.57. The van der Waals surface area contributed by atoms with Crippen molar-refractivity contribution in [3.05, 3.63) is 82.7 Å². The van der Waals surface area contributed by atoms with Crippen molar-refractivity contribution in [1.29, 1.82) is 0 Å². The minimum Gasteiger partial charge on any atom is -0.634 e. The van der Waals surface area contributed by atoms with Crippen LogP contribution in [-0.4, -0.2) is 44.0 Å². The summed E-state index contributed by atoms with van der Waals surface area (Å²) in [6.45, 7) is 7.53. The number of carbonyl (C=O) groups is 2. The van der Waals surface area contributed by atoms with Crippen LogP contribution in [0.25, 0.3) is 5.57 Å². The summed E-state index contributed by atoms with van der Waals surface area (Å²) in [5.41, 5.74) is -2.67. The lowest BCUT2D eigenvalue weighted by atomic mass is 9.77. The Bertz CT molecular complexity index is 1110. The molecular weight excluding hydrogens is 420 g/mol. The van der Waals surface area contributed by atoms with Crippen LogP contribution < -0.4 is 5.06 Å². The Hall–Kier alpha value is -3.00. The number of carboxylic acid groups (broad SMARTS) is 1. The number of carbonyl (C=O) groups excluding carboxylic acids is 1. The van der Waals surface area contributed by atoms with E-state index in [2.05, 4.69) is 0 Å². The van der Waals surface area contributed by atoms with Gasteiger partial charge in [-0.15, -0.1) is 0 Å². The SMILES string of the molecule is CC1(C)CC(N2C=C(c3ccccc3)C(=O)C2(O)c2ccccc2C(=O)O)CC(C)(C)[NH+]1[O-]. The number of carboxylic acids is 1. The summed E-state index contributed by atoms with van der Waals surface area (Å²) in [5.74, 6) is -1.80. The summed E-state index contributed by atoms with van der Waals surface area (Å²) in [4.78, 5) is 27.4. The van der Waals surface area contributed by atoms with Crippen LogP contribution in [0.5, 0.6) is 0 Å². The van der Waals surface area contributed by atoms with Crippen molar-refractivity contribution in [2.45, 2.75) is 63.4 Å². The molecule has 33 heavy (non-hydrogen) atoms. The molecule has 1 unspecified atom stereocenters. The van der Waals surface area contributed by atoms with Crippen LogP contribution in [0.3, 0.4) is 0 Å². The predicted octanol–water partition coefficient (Wildman–Crippen LogP) is 2.56. The molecule has 2 aliphatic heterocycles. The first kappa shape index (κ1) is 23.2. The van der Waals surface area contributed by atoms with Gasteiger partial charge in [0.15, 0.2) is 0 Å². The molecule has 0 spiro atoms. The highest BCUT2D eigenvalue weighted by atomic mass is 16.5.